The van der Waals surface area contributed by atoms with Crippen LogP contribution in [0.3, 0.4) is 0 Å². The molecule has 0 fully saturated rings. The second kappa shape index (κ2) is 6.66. The number of rotatable bonds is 3. The molecule has 0 bridgehead atoms. The van der Waals surface area contributed by atoms with Gasteiger partial charge in [0.15, 0.2) is 0 Å². The molecule has 3 amide bonds. The van der Waals surface area contributed by atoms with Crippen molar-refractivity contribution in [2.24, 2.45) is 0 Å². The van der Waals surface area contributed by atoms with Gasteiger partial charge in [-0.3, -0.25) is 14.4 Å². The summed E-state index contributed by atoms with van der Waals surface area (Å²) in [7, 11) is 0. The number of nitrogens with two attached hydrogens (primary N) is 1. The first kappa shape index (κ1) is 17.5. The van der Waals surface area contributed by atoms with E-state index in [1.54, 1.807) is 42.5 Å². The zero-order valence-electron chi connectivity index (χ0n) is 15.1. The van der Waals surface area contributed by atoms with Gasteiger partial charge in [-0.05, 0) is 61.0 Å². The van der Waals surface area contributed by atoms with Gasteiger partial charge in [0.1, 0.15) is 0 Å². The Morgan fingerprint density at radius 2 is 1.64 bits per heavy atom. The van der Waals surface area contributed by atoms with E-state index in [1.165, 1.54) is 18.2 Å². The van der Waals surface area contributed by atoms with Crippen LogP contribution in [-0.2, 0) is 0 Å². The third-order valence-electron chi connectivity index (χ3n) is 4.55. The van der Waals surface area contributed by atoms with E-state index in [9.17, 15) is 14.4 Å². The number of hydrogen-bond acceptors (Lipinski definition) is 4. The van der Waals surface area contributed by atoms with Gasteiger partial charge in [-0.15, -0.1) is 0 Å². The molecule has 1 aliphatic heterocycles. The summed E-state index contributed by atoms with van der Waals surface area (Å²) in [5.41, 5.74) is 9.04. The van der Waals surface area contributed by atoms with Crippen LogP contribution in [0, 0.1) is 6.92 Å². The quantitative estimate of drug-likeness (QED) is 0.543. The predicted molar refractivity (Wildman–Crippen MR) is 108 cm³/mol. The molecule has 0 spiro atoms. The second-order valence-electron chi connectivity index (χ2n) is 6.62. The Hall–Kier alpha value is -3.93. The summed E-state index contributed by atoms with van der Waals surface area (Å²) in [6.45, 7) is 1.89. The number of fused-ring (bicyclic) bond motifs is 1. The lowest BCUT2D eigenvalue weighted by Gasteiger charge is -2.14. The Labute approximate surface area is 161 Å². The molecule has 6 heteroatoms. The first-order chi connectivity index (χ1) is 13.4. The van der Waals surface area contributed by atoms with E-state index < -0.39 is 11.8 Å². The van der Waals surface area contributed by atoms with Crippen LogP contribution in [0.25, 0.3) is 0 Å². The lowest BCUT2D eigenvalue weighted by Crippen LogP contribution is -2.29. The molecular weight excluding hydrogens is 354 g/mol. The molecule has 1 heterocycles. The lowest BCUT2D eigenvalue weighted by molar-refractivity contribution is 0.0925. The number of carbonyl (C=O) groups is 3. The van der Waals surface area contributed by atoms with E-state index in [-0.39, 0.29) is 22.6 Å². The van der Waals surface area contributed by atoms with Crippen LogP contribution in [0.15, 0.2) is 66.7 Å². The standard InChI is InChI=1S/C22H17N3O3/c1-13-4-2-7-17(10-13)25-21(27)18-9-8-14(11-19(18)22(25)28)20(26)24-16-6-3-5-15(23)12-16/h2-12H,23H2,1H3,(H,24,26). The molecule has 3 aromatic rings. The zero-order valence-corrected chi connectivity index (χ0v) is 15.1. The summed E-state index contributed by atoms with van der Waals surface area (Å²) in [6.07, 6.45) is 0. The van der Waals surface area contributed by atoms with E-state index in [0.29, 0.717) is 17.1 Å². The third kappa shape index (κ3) is 3.01. The molecule has 3 aromatic carbocycles. The van der Waals surface area contributed by atoms with Gasteiger partial charge in [0, 0.05) is 16.9 Å². The molecule has 4 rings (SSSR count). The Bertz CT molecular complexity index is 1140. The SMILES string of the molecule is Cc1cccc(N2C(=O)c3ccc(C(=O)Nc4cccc(N)c4)cc3C2=O)c1. The van der Waals surface area contributed by atoms with Crippen molar-refractivity contribution in [2.75, 3.05) is 16.0 Å². The fourth-order valence-electron chi connectivity index (χ4n) is 3.20. The maximum atomic E-state index is 12.9. The Balaban J connectivity index is 1.64. The highest BCUT2D eigenvalue weighted by molar-refractivity contribution is 6.34. The van der Waals surface area contributed by atoms with Gasteiger partial charge in [0.25, 0.3) is 17.7 Å². The second-order valence-corrected chi connectivity index (χ2v) is 6.62. The van der Waals surface area contributed by atoms with Crippen LogP contribution in [0.1, 0.15) is 36.6 Å². The summed E-state index contributed by atoms with van der Waals surface area (Å²) in [5, 5.41) is 2.74. The van der Waals surface area contributed by atoms with Crippen LogP contribution < -0.4 is 16.0 Å². The van der Waals surface area contributed by atoms with Crippen molar-refractivity contribution in [3.63, 3.8) is 0 Å². The number of amides is 3. The number of imide groups is 1. The summed E-state index contributed by atoms with van der Waals surface area (Å²) in [4.78, 5) is 39.3. The monoisotopic (exact) mass is 371 g/mol. The predicted octanol–water partition coefficient (Wildman–Crippen LogP) is 3.63. The minimum absolute atomic E-state index is 0.215. The van der Waals surface area contributed by atoms with Gasteiger partial charge in [-0.25, -0.2) is 4.90 Å². The van der Waals surface area contributed by atoms with E-state index >= 15 is 0 Å². The van der Waals surface area contributed by atoms with Gasteiger partial charge < -0.3 is 11.1 Å². The number of nitrogen functional groups attached to an aromatic ring is 1. The van der Waals surface area contributed by atoms with E-state index in [2.05, 4.69) is 5.32 Å². The molecule has 6 nitrogen and oxygen atoms in total. The minimum atomic E-state index is -0.441. The van der Waals surface area contributed by atoms with E-state index in [0.717, 1.165) is 10.5 Å². The van der Waals surface area contributed by atoms with Crippen LogP contribution in [0.5, 0.6) is 0 Å². The van der Waals surface area contributed by atoms with Crippen molar-refractivity contribution in [2.45, 2.75) is 6.92 Å². The summed E-state index contributed by atoms with van der Waals surface area (Å²) in [5.74, 6) is -1.22. The Morgan fingerprint density at radius 3 is 2.39 bits per heavy atom. The molecule has 0 atom stereocenters. The molecule has 28 heavy (non-hydrogen) atoms. The minimum Gasteiger partial charge on any atom is -0.399 e. The van der Waals surface area contributed by atoms with Crippen molar-refractivity contribution in [3.05, 3.63) is 89.0 Å². The Kier molecular flexibility index (Phi) is 4.16. The van der Waals surface area contributed by atoms with E-state index in [4.69, 9.17) is 5.73 Å². The average Bonchev–Trinajstić information content (AvgIpc) is 2.92. The molecule has 0 unspecified atom stereocenters. The normalized spacial score (nSPS) is 12.8. The highest BCUT2D eigenvalue weighted by Gasteiger charge is 2.37. The lowest BCUT2D eigenvalue weighted by atomic mass is 10.1. The number of nitrogens with one attached hydrogen (secondary N) is 1. The largest absolute Gasteiger partial charge is 0.399 e. The third-order valence-corrected chi connectivity index (χ3v) is 4.55. The Morgan fingerprint density at radius 1 is 0.893 bits per heavy atom. The first-order valence-electron chi connectivity index (χ1n) is 8.70. The van der Waals surface area contributed by atoms with Gasteiger partial charge in [0.05, 0.1) is 16.8 Å². The van der Waals surface area contributed by atoms with Crippen molar-refractivity contribution >= 4 is 34.8 Å². The van der Waals surface area contributed by atoms with Crippen LogP contribution in [-0.4, -0.2) is 17.7 Å². The van der Waals surface area contributed by atoms with Crippen molar-refractivity contribution in [1.82, 2.24) is 0 Å². The van der Waals surface area contributed by atoms with Crippen LogP contribution >= 0.6 is 0 Å². The molecule has 3 N–H and O–H groups in total. The molecule has 0 saturated heterocycles. The summed E-state index contributed by atoms with van der Waals surface area (Å²) >= 11 is 0. The molecule has 138 valence electrons. The fraction of sp³-hybridized carbons (Fsp3) is 0.0455. The van der Waals surface area contributed by atoms with Gasteiger partial charge in [-0.1, -0.05) is 18.2 Å². The average molecular weight is 371 g/mol. The smallest absolute Gasteiger partial charge is 0.266 e. The maximum Gasteiger partial charge on any atom is 0.266 e. The first-order valence-corrected chi connectivity index (χ1v) is 8.70. The summed E-state index contributed by atoms with van der Waals surface area (Å²) < 4.78 is 0. The molecule has 0 aliphatic carbocycles. The van der Waals surface area contributed by atoms with E-state index in [1.807, 2.05) is 13.0 Å². The topological polar surface area (TPSA) is 92.5 Å². The number of benzene rings is 3. The highest BCUT2D eigenvalue weighted by atomic mass is 16.2. The van der Waals surface area contributed by atoms with Crippen molar-refractivity contribution in [3.8, 4) is 0 Å². The molecular formula is C22H17N3O3. The number of aryl methyl sites for hydroxylation is 1. The van der Waals surface area contributed by atoms with Crippen molar-refractivity contribution in [1.29, 1.82) is 0 Å². The number of nitrogens with zero attached hydrogens (tertiary/aromatic N) is 1. The zero-order chi connectivity index (χ0) is 19.8. The van der Waals surface area contributed by atoms with Crippen LogP contribution in [0.4, 0.5) is 17.1 Å². The van der Waals surface area contributed by atoms with Crippen LogP contribution in [0.2, 0.25) is 0 Å². The number of anilines is 3. The molecule has 1 aliphatic rings. The molecule has 0 radical (unpaired) electrons. The van der Waals surface area contributed by atoms with Crippen molar-refractivity contribution < 1.29 is 14.4 Å². The van der Waals surface area contributed by atoms with Gasteiger partial charge in [0.2, 0.25) is 0 Å². The maximum absolute atomic E-state index is 12.9. The molecule has 0 saturated carbocycles. The summed E-state index contributed by atoms with van der Waals surface area (Å²) in [6, 6.07) is 18.5. The molecule has 0 aromatic heterocycles. The van der Waals surface area contributed by atoms with Gasteiger partial charge >= 0.3 is 0 Å². The number of hydrogen-bond donors (Lipinski definition) is 2. The number of carbonyl (C=O) groups excluding carboxylic acids is 3. The highest BCUT2D eigenvalue weighted by Crippen LogP contribution is 2.29. The van der Waals surface area contributed by atoms with Gasteiger partial charge in [-0.2, -0.15) is 0 Å². The fourth-order valence-corrected chi connectivity index (χ4v) is 3.20.